The second-order valence-corrected chi connectivity index (χ2v) is 5.77. The number of carboxylic acids is 1. The molecular weight excluding hydrogens is 315 g/mol. The Morgan fingerprint density at radius 3 is 2.53 bits per heavy atom. The van der Waals surface area contributed by atoms with Gasteiger partial charge in [-0.05, 0) is 40.9 Å². The van der Waals surface area contributed by atoms with Crippen LogP contribution in [0.3, 0.4) is 0 Å². The molecule has 1 fully saturated rings. The molecule has 5 heteroatoms. The lowest BCUT2D eigenvalue weighted by Gasteiger charge is -2.34. The molecule has 0 aromatic heterocycles. The van der Waals surface area contributed by atoms with Crippen LogP contribution in [-0.2, 0) is 10.2 Å². The molecule has 1 N–H and O–H groups in total. The van der Waals surface area contributed by atoms with E-state index in [2.05, 4.69) is 15.9 Å². The summed E-state index contributed by atoms with van der Waals surface area (Å²) in [5, 5.41) is 9.65. The van der Waals surface area contributed by atoms with Gasteiger partial charge in [0.2, 0.25) is 0 Å². The Kier molecular flexibility index (Phi) is 4.13. The monoisotopic (exact) mass is 330 g/mol. The van der Waals surface area contributed by atoms with Crippen molar-refractivity contribution in [3.63, 3.8) is 0 Å². The predicted octanol–water partition coefficient (Wildman–Crippen LogP) is 3.88. The van der Waals surface area contributed by atoms with Crippen LogP contribution in [0.5, 0.6) is 5.75 Å². The minimum atomic E-state index is -1.03. The minimum absolute atomic E-state index is 0.422. The summed E-state index contributed by atoms with van der Waals surface area (Å²) in [6.07, 6.45) is 3.74. The van der Waals surface area contributed by atoms with Crippen molar-refractivity contribution in [2.75, 3.05) is 7.11 Å². The summed E-state index contributed by atoms with van der Waals surface area (Å²) in [5.74, 6) is -0.928. The fourth-order valence-electron chi connectivity index (χ4n) is 2.88. The second kappa shape index (κ2) is 5.49. The predicted molar refractivity (Wildman–Crippen MR) is 73.1 cm³/mol. The van der Waals surface area contributed by atoms with Gasteiger partial charge in [0.05, 0.1) is 17.0 Å². The molecule has 104 valence electrons. The van der Waals surface area contributed by atoms with E-state index in [0.29, 0.717) is 28.6 Å². The van der Waals surface area contributed by atoms with Crippen molar-refractivity contribution in [2.24, 2.45) is 0 Å². The van der Waals surface area contributed by atoms with Crippen LogP contribution in [-0.4, -0.2) is 18.2 Å². The van der Waals surface area contributed by atoms with E-state index in [1.807, 2.05) is 0 Å². The van der Waals surface area contributed by atoms with E-state index in [1.54, 1.807) is 0 Å². The van der Waals surface area contributed by atoms with Crippen LogP contribution in [0.15, 0.2) is 16.6 Å². The van der Waals surface area contributed by atoms with E-state index >= 15 is 0 Å². The Morgan fingerprint density at radius 2 is 2.00 bits per heavy atom. The van der Waals surface area contributed by atoms with Crippen molar-refractivity contribution in [2.45, 2.75) is 37.5 Å². The van der Waals surface area contributed by atoms with Crippen molar-refractivity contribution in [3.8, 4) is 5.75 Å². The first kappa shape index (κ1) is 14.3. The van der Waals surface area contributed by atoms with Crippen molar-refractivity contribution in [3.05, 3.63) is 28.0 Å². The molecule has 19 heavy (non-hydrogen) atoms. The summed E-state index contributed by atoms with van der Waals surface area (Å²) in [5.41, 5.74) is -0.595. The maximum absolute atomic E-state index is 13.7. The van der Waals surface area contributed by atoms with E-state index in [1.165, 1.54) is 19.2 Å². The smallest absolute Gasteiger partial charge is 0.314 e. The number of carbonyl (C=O) groups is 1. The highest BCUT2D eigenvalue weighted by Crippen LogP contribution is 2.46. The number of aliphatic carboxylic acids is 1. The number of benzene rings is 1. The Bertz CT molecular complexity index is 496. The molecule has 1 saturated carbocycles. The largest absolute Gasteiger partial charge is 0.495 e. The first-order valence-electron chi connectivity index (χ1n) is 6.28. The first-order valence-corrected chi connectivity index (χ1v) is 7.07. The Morgan fingerprint density at radius 1 is 1.37 bits per heavy atom. The fraction of sp³-hybridized carbons (Fsp3) is 0.500. The quantitative estimate of drug-likeness (QED) is 0.914. The van der Waals surface area contributed by atoms with Gasteiger partial charge in [0.1, 0.15) is 11.6 Å². The molecule has 0 bridgehead atoms. The van der Waals surface area contributed by atoms with Gasteiger partial charge >= 0.3 is 5.97 Å². The number of carboxylic acid groups (broad SMARTS) is 1. The zero-order valence-electron chi connectivity index (χ0n) is 10.7. The van der Waals surface area contributed by atoms with Crippen LogP contribution in [0.2, 0.25) is 0 Å². The van der Waals surface area contributed by atoms with Gasteiger partial charge in [0.15, 0.2) is 0 Å². The Labute approximate surface area is 119 Å². The Balaban J connectivity index is 2.62. The van der Waals surface area contributed by atoms with Crippen molar-refractivity contribution in [1.82, 2.24) is 0 Å². The molecule has 1 aromatic carbocycles. The van der Waals surface area contributed by atoms with Crippen LogP contribution in [0, 0.1) is 5.82 Å². The van der Waals surface area contributed by atoms with Gasteiger partial charge in [0, 0.05) is 5.56 Å². The molecular formula is C14H16BrFO3. The topological polar surface area (TPSA) is 46.5 Å². The highest BCUT2D eigenvalue weighted by Gasteiger charge is 2.44. The third-order valence-electron chi connectivity index (χ3n) is 3.84. The molecule has 0 aliphatic heterocycles. The van der Waals surface area contributed by atoms with E-state index in [0.717, 1.165) is 19.3 Å². The van der Waals surface area contributed by atoms with Gasteiger partial charge in [-0.3, -0.25) is 4.79 Å². The number of methoxy groups -OCH3 is 1. The highest BCUT2D eigenvalue weighted by molar-refractivity contribution is 9.10. The molecule has 0 atom stereocenters. The maximum Gasteiger partial charge on any atom is 0.314 e. The van der Waals surface area contributed by atoms with Gasteiger partial charge in [-0.1, -0.05) is 19.3 Å². The maximum atomic E-state index is 13.7. The number of hydrogen-bond donors (Lipinski definition) is 1. The molecule has 1 aliphatic rings. The standard InChI is InChI=1S/C14H16BrFO3/c1-19-12-10(7-9(16)8-11(12)15)14(13(17)18)5-3-2-4-6-14/h7-8H,2-6H2,1H3,(H,17,18). The van der Waals surface area contributed by atoms with Crippen molar-refractivity contribution >= 4 is 21.9 Å². The molecule has 0 heterocycles. The van der Waals surface area contributed by atoms with Gasteiger partial charge < -0.3 is 9.84 Å². The van der Waals surface area contributed by atoms with E-state index in [4.69, 9.17) is 4.74 Å². The molecule has 1 aromatic rings. The fourth-order valence-corrected chi connectivity index (χ4v) is 3.47. The lowest BCUT2D eigenvalue weighted by molar-refractivity contribution is -0.145. The first-order chi connectivity index (χ1) is 9.01. The van der Waals surface area contributed by atoms with Crippen molar-refractivity contribution < 1.29 is 19.0 Å². The highest BCUT2D eigenvalue weighted by atomic mass is 79.9. The lowest BCUT2D eigenvalue weighted by atomic mass is 9.69. The van der Waals surface area contributed by atoms with Crippen LogP contribution >= 0.6 is 15.9 Å². The summed E-state index contributed by atoms with van der Waals surface area (Å²) < 4.78 is 19.4. The molecule has 0 unspecified atom stereocenters. The van der Waals surface area contributed by atoms with Crippen LogP contribution in [0.1, 0.15) is 37.7 Å². The third-order valence-corrected chi connectivity index (χ3v) is 4.43. The van der Waals surface area contributed by atoms with E-state index < -0.39 is 17.2 Å². The average molecular weight is 331 g/mol. The van der Waals surface area contributed by atoms with Crippen LogP contribution in [0.4, 0.5) is 4.39 Å². The normalized spacial score (nSPS) is 18.1. The zero-order valence-corrected chi connectivity index (χ0v) is 12.3. The molecule has 2 rings (SSSR count). The summed E-state index contributed by atoms with van der Waals surface area (Å²) in [4.78, 5) is 11.8. The molecule has 0 saturated heterocycles. The minimum Gasteiger partial charge on any atom is -0.495 e. The molecule has 1 aliphatic carbocycles. The lowest BCUT2D eigenvalue weighted by Crippen LogP contribution is -2.38. The average Bonchev–Trinajstić information content (AvgIpc) is 2.38. The van der Waals surface area contributed by atoms with Gasteiger partial charge in [0.25, 0.3) is 0 Å². The second-order valence-electron chi connectivity index (χ2n) is 4.92. The van der Waals surface area contributed by atoms with Crippen LogP contribution in [0.25, 0.3) is 0 Å². The van der Waals surface area contributed by atoms with Crippen LogP contribution < -0.4 is 4.74 Å². The third kappa shape index (κ3) is 2.48. The molecule has 0 amide bonds. The van der Waals surface area contributed by atoms with E-state index in [-0.39, 0.29) is 0 Å². The Hall–Kier alpha value is -1.10. The number of rotatable bonds is 3. The van der Waals surface area contributed by atoms with Crippen molar-refractivity contribution in [1.29, 1.82) is 0 Å². The SMILES string of the molecule is COc1c(Br)cc(F)cc1C1(C(=O)O)CCCCC1. The van der Waals surface area contributed by atoms with Gasteiger partial charge in [-0.2, -0.15) is 0 Å². The molecule has 0 spiro atoms. The summed E-state index contributed by atoms with van der Waals surface area (Å²) in [6, 6.07) is 2.59. The van der Waals surface area contributed by atoms with Gasteiger partial charge in [-0.15, -0.1) is 0 Å². The number of hydrogen-bond acceptors (Lipinski definition) is 2. The van der Waals surface area contributed by atoms with Gasteiger partial charge in [-0.25, -0.2) is 4.39 Å². The summed E-state index contributed by atoms with van der Waals surface area (Å²) in [7, 11) is 1.47. The number of halogens is 2. The number of ether oxygens (including phenoxy) is 1. The molecule has 3 nitrogen and oxygen atoms in total. The molecule has 0 radical (unpaired) electrons. The summed E-state index contributed by atoms with van der Waals surface area (Å²) >= 11 is 3.24. The van der Waals surface area contributed by atoms with E-state index in [9.17, 15) is 14.3 Å². The zero-order chi connectivity index (χ0) is 14.0. The summed E-state index contributed by atoms with van der Waals surface area (Å²) in [6.45, 7) is 0.